The molecule has 4 rings (SSSR count). The van der Waals surface area contributed by atoms with Gasteiger partial charge in [-0.2, -0.15) is 0 Å². The molecular weight excluding hydrogens is 374 g/mol. The van der Waals surface area contributed by atoms with Gasteiger partial charge in [0, 0.05) is 19.6 Å². The minimum Gasteiger partial charge on any atom is -0.497 e. The summed E-state index contributed by atoms with van der Waals surface area (Å²) in [5.41, 5.74) is 5.19. The summed E-state index contributed by atoms with van der Waals surface area (Å²) in [4.78, 5) is 2.51. The van der Waals surface area contributed by atoms with Crippen molar-refractivity contribution in [2.24, 2.45) is 0 Å². The fourth-order valence-electron chi connectivity index (χ4n) is 3.90. The second-order valence-corrected chi connectivity index (χ2v) is 7.67. The first-order valence-corrected chi connectivity index (χ1v) is 10.5. The van der Waals surface area contributed by atoms with Gasteiger partial charge in [0.25, 0.3) is 0 Å². The van der Waals surface area contributed by atoms with Gasteiger partial charge in [-0.15, -0.1) is 0 Å². The monoisotopic (exact) mass is 403 g/mol. The summed E-state index contributed by atoms with van der Waals surface area (Å²) in [7, 11) is 3.41. The number of rotatable bonds is 8. The molecule has 0 N–H and O–H groups in total. The molecule has 4 heteroatoms. The van der Waals surface area contributed by atoms with E-state index in [0.717, 1.165) is 55.3 Å². The van der Waals surface area contributed by atoms with Crippen molar-refractivity contribution in [1.82, 2.24) is 4.90 Å². The summed E-state index contributed by atoms with van der Waals surface area (Å²) in [6.45, 7) is 3.60. The predicted octanol–water partition coefficient (Wildman–Crippen LogP) is 4.88. The van der Waals surface area contributed by atoms with Crippen LogP contribution in [0.5, 0.6) is 17.2 Å². The maximum atomic E-state index is 6.08. The third-order valence-electron chi connectivity index (χ3n) is 5.69. The van der Waals surface area contributed by atoms with Crippen LogP contribution < -0.4 is 14.2 Å². The van der Waals surface area contributed by atoms with Crippen LogP contribution in [0.2, 0.25) is 0 Å². The summed E-state index contributed by atoms with van der Waals surface area (Å²) in [5.74, 6) is 2.54. The molecule has 0 saturated carbocycles. The van der Waals surface area contributed by atoms with Gasteiger partial charge < -0.3 is 14.2 Å². The van der Waals surface area contributed by atoms with E-state index in [9.17, 15) is 0 Å². The molecule has 0 spiro atoms. The summed E-state index contributed by atoms with van der Waals surface area (Å²) < 4.78 is 17.0. The van der Waals surface area contributed by atoms with E-state index in [1.807, 2.05) is 30.3 Å². The minimum absolute atomic E-state index is 0.546. The molecule has 156 valence electrons. The lowest BCUT2D eigenvalue weighted by Gasteiger charge is -2.29. The van der Waals surface area contributed by atoms with Gasteiger partial charge in [-0.05, 0) is 59.4 Å². The molecular formula is C26H29NO3. The van der Waals surface area contributed by atoms with Gasteiger partial charge in [0.15, 0.2) is 11.5 Å². The molecule has 0 amide bonds. The number of nitrogens with zero attached hydrogens (tertiary/aromatic N) is 1. The van der Waals surface area contributed by atoms with E-state index >= 15 is 0 Å². The number of methoxy groups -OCH3 is 2. The lowest BCUT2D eigenvalue weighted by molar-refractivity contribution is 0.253. The van der Waals surface area contributed by atoms with Crippen LogP contribution in [0.25, 0.3) is 0 Å². The summed E-state index contributed by atoms with van der Waals surface area (Å²) in [5, 5.41) is 0. The van der Waals surface area contributed by atoms with Crippen molar-refractivity contribution in [3.8, 4) is 17.2 Å². The quantitative estimate of drug-likeness (QED) is 0.536. The Bertz CT molecular complexity index is 954. The first-order valence-electron chi connectivity index (χ1n) is 10.5. The van der Waals surface area contributed by atoms with E-state index in [-0.39, 0.29) is 0 Å². The van der Waals surface area contributed by atoms with Gasteiger partial charge in [-0.1, -0.05) is 42.5 Å². The van der Waals surface area contributed by atoms with Crippen molar-refractivity contribution in [1.29, 1.82) is 0 Å². The Morgan fingerprint density at radius 2 is 1.57 bits per heavy atom. The SMILES string of the molecule is COc1ccc(CCN2CCc3cc(OCc4ccccc4)c(OC)cc3C2)cc1. The van der Waals surface area contributed by atoms with Crippen LogP contribution >= 0.6 is 0 Å². The van der Waals surface area contributed by atoms with E-state index in [2.05, 4.69) is 41.3 Å². The zero-order chi connectivity index (χ0) is 20.8. The number of hydrogen-bond acceptors (Lipinski definition) is 4. The van der Waals surface area contributed by atoms with Crippen molar-refractivity contribution >= 4 is 0 Å². The highest BCUT2D eigenvalue weighted by molar-refractivity contribution is 5.48. The molecule has 0 aromatic heterocycles. The van der Waals surface area contributed by atoms with Crippen LogP contribution in [-0.2, 0) is 26.0 Å². The Morgan fingerprint density at radius 1 is 0.800 bits per heavy atom. The van der Waals surface area contributed by atoms with Gasteiger partial charge in [0.2, 0.25) is 0 Å². The van der Waals surface area contributed by atoms with Gasteiger partial charge in [-0.25, -0.2) is 0 Å². The van der Waals surface area contributed by atoms with E-state index in [0.29, 0.717) is 6.61 Å². The summed E-state index contributed by atoms with van der Waals surface area (Å²) in [6, 6.07) is 22.9. The molecule has 1 aliphatic rings. The smallest absolute Gasteiger partial charge is 0.161 e. The number of benzene rings is 3. The molecule has 30 heavy (non-hydrogen) atoms. The van der Waals surface area contributed by atoms with Crippen molar-refractivity contribution < 1.29 is 14.2 Å². The van der Waals surface area contributed by atoms with Crippen molar-refractivity contribution in [2.45, 2.75) is 26.0 Å². The number of ether oxygens (including phenoxy) is 3. The Balaban J connectivity index is 1.39. The summed E-state index contributed by atoms with van der Waals surface area (Å²) in [6.07, 6.45) is 2.07. The maximum Gasteiger partial charge on any atom is 0.161 e. The zero-order valence-corrected chi connectivity index (χ0v) is 17.8. The largest absolute Gasteiger partial charge is 0.497 e. The minimum atomic E-state index is 0.546. The molecule has 1 heterocycles. The average molecular weight is 404 g/mol. The third kappa shape index (κ3) is 4.95. The first-order chi connectivity index (χ1) is 14.7. The third-order valence-corrected chi connectivity index (χ3v) is 5.69. The highest BCUT2D eigenvalue weighted by Crippen LogP contribution is 2.34. The standard InChI is InChI=1S/C26H29NO3/c1-28-24-10-8-20(9-11-24)12-14-27-15-13-22-16-26(25(29-2)17-23(22)18-27)30-19-21-6-4-3-5-7-21/h3-11,16-17H,12-15,18-19H2,1-2H3. The van der Waals surface area contributed by atoms with Crippen LogP contribution in [0.3, 0.4) is 0 Å². The highest BCUT2D eigenvalue weighted by atomic mass is 16.5. The lowest BCUT2D eigenvalue weighted by Crippen LogP contribution is -2.32. The Labute approximate surface area is 179 Å². The number of fused-ring (bicyclic) bond motifs is 1. The average Bonchev–Trinajstić information content (AvgIpc) is 2.81. The van der Waals surface area contributed by atoms with Crippen LogP contribution in [0.15, 0.2) is 66.7 Å². The Kier molecular flexibility index (Phi) is 6.55. The Hall–Kier alpha value is -2.98. The zero-order valence-electron chi connectivity index (χ0n) is 17.8. The molecule has 0 radical (unpaired) electrons. The van der Waals surface area contributed by atoms with Gasteiger partial charge >= 0.3 is 0 Å². The molecule has 3 aromatic rings. The van der Waals surface area contributed by atoms with Crippen LogP contribution in [0.4, 0.5) is 0 Å². The lowest BCUT2D eigenvalue weighted by atomic mass is 9.98. The molecule has 0 aliphatic carbocycles. The van der Waals surface area contributed by atoms with Crippen LogP contribution in [-0.4, -0.2) is 32.2 Å². The molecule has 0 fully saturated rings. The van der Waals surface area contributed by atoms with E-state index in [1.165, 1.54) is 16.7 Å². The van der Waals surface area contributed by atoms with E-state index in [4.69, 9.17) is 14.2 Å². The normalized spacial score (nSPS) is 13.5. The highest BCUT2D eigenvalue weighted by Gasteiger charge is 2.19. The second kappa shape index (κ2) is 9.68. The van der Waals surface area contributed by atoms with E-state index < -0.39 is 0 Å². The van der Waals surface area contributed by atoms with Crippen molar-refractivity contribution in [3.63, 3.8) is 0 Å². The fraction of sp³-hybridized carbons (Fsp3) is 0.308. The molecule has 4 nitrogen and oxygen atoms in total. The Morgan fingerprint density at radius 3 is 2.30 bits per heavy atom. The van der Waals surface area contributed by atoms with Crippen molar-refractivity contribution in [3.05, 3.63) is 89.0 Å². The topological polar surface area (TPSA) is 30.9 Å². The molecule has 1 aliphatic heterocycles. The predicted molar refractivity (Wildman–Crippen MR) is 119 cm³/mol. The first kappa shape index (κ1) is 20.3. The molecule has 0 saturated heterocycles. The summed E-state index contributed by atoms with van der Waals surface area (Å²) >= 11 is 0. The molecule has 0 bridgehead atoms. The number of hydrogen-bond donors (Lipinski definition) is 0. The van der Waals surface area contributed by atoms with Crippen molar-refractivity contribution in [2.75, 3.05) is 27.3 Å². The van der Waals surface area contributed by atoms with Gasteiger partial charge in [0.05, 0.1) is 14.2 Å². The second-order valence-electron chi connectivity index (χ2n) is 7.67. The van der Waals surface area contributed by atoms with Crippen LogP contribution in [0, 0.1) is 0 Å². The molecule has 0 atom stereocenters. The molecule has 3 aromatic carbocycles. The van der Waals surface area contributed by atoms with Crippen LogP contribution in [0.1, 0.15) is 22.3 Å². The molecule has 0 unspecified atom stereocenters. The van der Waals surface area contributed by atoms with Gasteiger partial charge in [0.1, 0.15) is 12.4 Å². The van der Waals surface area contributed by atoms with E-state index in [1.54, 1.807) is 14.2 Å². The maximum absolute atomic E-state index is 6.08. The fourth-order valence-corrected chi connectivity index (χ4v) is 3.90. The van der Waals surface area contributed by atoms with Gasteiger partial charge in [-0.3, -0.25) is 4.90 Å².